The second kappa shape index (κ2) is 7.84. The summed E-state index contributed by atoms with van der Waals surface area (Å²) in [6.45, 7) is 0.752. The molecule has 2 rings (SSSR count). The Morgan fingerprint density at radius 1 is 1.27 bits per heavy atom. The lowest BCUT2D eigenvalue weighted by atomic mass is 10.2. The molecule has 1 heterocycles. The number of carbonyl (C=O) groups excluding carboxylic acids is 3. The molecule has 0 bridgehead atoms. The Balaban J connectivity index is 1.79. The summed E-state index contributed by atoms with van der Waals surface area (Å²) in [5.41, 5.74) is 6.57. The van der Waals surface area contributed by atoms with E-state index < -0.39 is 0 Å². The summed E-state index contributed by atoms with van der Waals surface area (Å²) in [6, 6.07) is 7.24. The lowest BCUT2D eigenvalue weighted by Gasteiger charge is -2.16. The lowest BCUT2D eigenvalue weighted by molar-refractivity contribution is -0.117. The first-order valence-corrected chi connectivity index (χ1v) is 8.28. The molecule has 0 aliphatic carbocycles. The van der Waals surface area contributed by atoms with Gasteiger partial charge in [-0.05, 0) is 30.7 Å². The van der Waals surface area contributed by atoms with Crippen LogP contribution in [0.3, 0.4) is 0 Å². The number of rotatable bonds is 7. The highest BCUT2D eigenvalue weighted by Crippen LogP contribution is 2.23. The number of hydrogen-bond donors (Lipinski definition) is 2. The van der Waals surface area contributed by atoms with Gasteiger partial charge in [-0.25, -0.2) is 0 Å². The van der Waals surface area contributed by atoms with Gasteiger partial charge in [0.05, 0.1) is 5.75 Å². The van der Waals surface area contributed by atoms with Gasteiger partial charge in [0.2, 0.25) is 17.7 Å². The highest BCUT2D eigenvalue weighted by Gasteiger charge is 2.21. The van der Waals surface area contributed by atoms with Gasteiger partial charge in [-0.1, -0.05) is 0 Å². The third-order valence-corrected chi connectivity index (χ3v) is 4.24. The highest BCUT2D eigenvalue weighted by atomic mass is 32.2. The van der Waals surface area contributed by atoms with Gasteiger partial charge in [0.15, 0.2) is 0 Å². The summed E-state index contributed by atoms with van der Waals surface area (Å²) in [5.74, 6) is 0.434. The monoisotopic (exact) mass is 321 g/mol. The van der Waals surface area contributed by atoms with Crippen molar-refractivity contribution in [1.82, 2.24) is 0 Å². The molecule has 0 radical (unpaired) electrons. The molecule has 1 aliphatic heterocycles. The van der Waals surface area contributed by atoms with E-state index in [2.05, 4.69) is 5.32 Å². The van der Waals surface area contributed by atoms with Crippen molar-refractivity contribution < 1.29 is 14.4 Å². The van der Waals surface area contributed by atoms with Crippen LogP contribution in [0.2, 0.25) is 0 Å². The van der Waals surface area contributed by atoms with Crippen LogP contribution in [0.1, 0.15) is 19.3 Å². The molecule has 1 saturated heterocycles. The topological polar surface area (TPSA) is 92.5 Å². The van der Waals surface area contributed by atoms with Gasteiger partial charge in [-0.3, -0.25) is 14.4 Å². The van der Waals surface area contributed by atoms with Gasteiger partial charge < -0.3 is 16.0 Å². The third kappa shape index (κ3) is 4.77. The van der Waals surface area contributed by atoms with Crippen LogP contribution >= 0.6 is 11.8 Å². The van der Waals surface area contributed by atoms with Crippen molar-refractivity contribution in [3.63, 3.8) is 0 Å². The second-order valence-corrected chi connectivity index (χ2v) is 6.12. The number of hydrogen-bond acceptors (Lipinski definition) is 4. The van der Waals surface area contributed by atoms with Crippen LogP contribution < -0.4 is 16.0 Å². The number of benzene rings is 1. The molecular formula is C15H19N3O3S. The zero-order valence-corrected chi connectivity index (χ0v) is 13.0. The summed E-state index contributed by atoms with van der Waals surface area (Å²) < 4.78 is 0. The summed E-state index contributed by atoms with van der Waals surface area (Å²) >= 11 is 1.34. The number of carbonyl (C=O) groups is 3. The first-order chi connectivity index (χ1) is 10.6. The number of nitrogens with zero attached hydrogens (tertiary/aromatic N) is 1. The molecule has 0 aromatic heterocycles. The van der Waals surface area contributed by atoms with Crippen molar-refractivity contribution in [3.05, 3.63) is 24.3 Å². The zero-order chi connectivity index (χ0) is 15.9. The second-order valence-electron chi connectivity index (χ2n) is 5.01. The van der Waals surface area contributed by atoms with Crippen molar-refractivity contribution in [2.24, 2.45) is 5.73 Å². The first kappa shape index (κ1) is 16.4. The van der Waals surface area contributed by atoms with E-state index in [4.69, 9.17) is 5.73 Å². The average Bonchev–Trinajstić information content (AvgIpc) is 2.90. The zero-order valence-electron chi connectivity index (χ0n) is 12.2. The Labute approximate surface area is 133 Å². The Morgan fingerprint density at radius 3 is 2.59 bits per heavy atom. The molecule has 0 saturated carbocycles. The summed E-state index contributed by atoms with van der Waals surface area (Å²) in [7, 11) is 0. The minimum absolute atomic E-state index is 0.109. The van der Waals surface area contributed by atoms with Crippen LogP contribution in [-0.2, 0) is 14.4 Å². The van der Waals surface area contributed by atoms with Crippen LogP contribution in [0.25, 0.3) is 0 Å². The normalized spacial score (nSPS) is 14.2. The number of thioether (sulfide) groups is 1. The van der Waals surface area contributed by atoms with Crippen molar-refractivity contribution in [2.75, 3.05) is 28.3 Å². The Bertz CT molecular complexity index is 560. The van der Waals surface area contributed by atoms with E-state index in [0.29, 0.717) is 24.3 Å². The minimum Gasteiger partial charge on any atom is -0.369 e. The SMILES string of the molecule is NC(=O)CSCCC(=O)Nc1ccc(N2CCCC2=O)cc1. The molecule has 7 heteroatoms. The molecule has 3 N–H and O–H groups in total. The van der Waals surface area contributed by atoms with Crippen molar-refractivity contribution in [1.29, 1.82) is 0 Å². The predicted molar refractivity (Wildman–Crippen MR) is 87.8 cm³/mol. The molecule has 3 amide bonds. The smallest absolute Gasteiger partial charge is 0.227 e. The fourth-order valence-electron chi connectivity index (χ4n) is 2.21. The molecule has 22 heavy (non-hydrogen) atoms. The number of amides is 3. The van der Waals surface area contributed by atoms with Crippen molar-refractivity contribution in [2.45, 2.75) is 19.3 Å². The maximum Gasteiger partial charge on any atom is 0.227 e. The molecule has 0 unspecified atom stereocenters. The standard InChI is InChI=1S/C15H19N3O3S/c16-13(19)10-22-9-7-14(20)17-11-3-5-12(6-4-11)18-8-1-2-15(18)21/h3-6H,1-2,7-10H2,(H2,16,19)(H,17,20). The quantitative estimate of drug-likeness (QED) is 0.742. The molecule has 0 spiro atoms. The Kier molecular flexibility index (Phi) is 5.83. The number of anilines is 2. The molecule has 118 valence electrons. The molecule has 1 aliphatic rings. The lowest BCUT2D eigenvalue weighted by Crippen LogP contribution is -2.23. The van der Waals surface area contributed by atoms with Gasteiger partial charge >= 0.3 is 0 Å². The van der Waals surface area contributed by atoms with Crippen LogP contribution in [0.15, 0.2) is 24.3 Å². The van der Waals surface area contributed by atoms with Crippen molar-refractivity contribution in [3.8, 4) is 0 Å². The largest absolute Gasteiger partial charge is 0.369 e. The first-order valence-electron chi connectivity index (χ1n) is 7.12. The molecule has 1 aromatic rings. The Morgan fingerprint density at radius 2 is 2.00 bits per heavy atom. The minimum atomic E-state index is -0.377. The molecular weight excluding hydrogens is 302 g/mol. The van der Waals surface area contributed by atoms with Crippen LogP contribution in [0, 0.1) is 0 Å². The average molecular weight is 321 g/mol. The fourth-order valence-corrected chi connectivity index (χ4v) is 2.88. The van der Waals surface area contributed by atoms with E-state index in [1.54, 1.807) is 17.0 Å². The molecule has 6 nitrogen and oxygen atoms in total. The van der Waals surface area contributed by atoms with Gasteiger partial charge in [0, 0.05) is 36.5 Å². The summed E-state index contributed by atoms with van der Waals surface area (Å²) in [4.78, 5) is 35.7. The van der Waals surface area contributed by atoms with Crippen LogP contribution in [0.5, 0.6) is 0 Å². The molecule has 1 fully saturated rings. The van der Waals surface area contributed by atoms with E-state index in [9.17, 15) is 14.4 Å². The fraction of sp³-hybridized carbons (Fsp3) is 0.400. The Hall–Kier alpha value is -2.02. The number of nitrogens with two attached hydrogens (primary N) is 1. The van der Waals surface area contributed by atoms with Crippen molar-refractivity contribution >= 4 is 40.9 Å². The maximum absolute atomic E-state index is 11.7. The van der Waals surface area contributed by atoms with Gasteiger partial charge in [0.1, 0.15) is 0 Å². The van der Waals surface area contributed by atoms with E-state index in [1.165, 1.54) is 11.8 Å². The number of primary amides is 1. The molecule has 1 aromatic carbocycles. The highest BCUT2D eigenvalue weighted by molar-refractivity contribution is 7.99. The number of nitrogens with one attached hydrogen (secondary N) is 1. The van der Waals surface area contributed by atoms with E-state index in [1.807, 2.05) is 12.1 Å². The molecule has 0 atom stereocenters. The maximum atomic E-state index is 11.7. The summed E-state index contributed by atoms with van der Waals surface area (Å²) in [5, 5.41) is 2.79. The van der Waals surface area contributed by atoms with E-state index >= 15 is 0 Å². The van der Waals surface area contributed by atoms with E-state index in [-0.39, 0.29) is 23.5 Å². The van der Waals surface area contributed by atoms with Crippen LogP contribution in [0.4, 0.5) is 11.4 Å². The van der Waals surface area contributed by atoms with Gasteiger partial charge in [0.25, 0.3) is 0 Å². The van der Waals surface area contributed by atoms with Gasteiger partial charge in [-0.15, -0.1) is 0 Å². The third-order valence-electron chi connectivity index (χ3n) is 3.25. The summed E-state index contributed by atoms with van der Waals surface area (Å²) in [6.07, 6.45) is 1.81. The van der Waals surface area contributed by atoms with Crippen LogP contribution in [-0.4, -0.2) is 35.8 Å². The predicted octanol–water partition coefficient (Wildman–Crippen LogP) is 1.36. The van der Waals surface area contributed by atoms with E-state index in [0.717, 1.165) is 18.7 Å². The van der Waals surface area contributed by atoms with Gasteiger partial charge in [-0.2, -0.15) is 11.8 Å².